The van der Waals surface area contributed by atoms with Crippen molar-refractivity contribution in [3.63, 3.8) is 0 Å². The third-order valence-electron chi connectivity index (χ3n) is 5.51. The lowest BCUT2D eigenvalue weighted by Crippen LogP contribution is -2.34. The average Bonchev–Trinajstić information content (AvgIpc) is 3.33. The van der Waals surface area contributed by atoms with Gasteiger partial charge in [0, 0.05) is 25.7 Å². The molecule has 4 rings (SSSR count). The number of pyridine rings is 1. The van der Waals surface area contributed by atoms with Crippen molar-refractivity contribution < 1.29 is 13.6 Å². The van der Waals surface area contributed by atoms with Crippen molar-refractivity contribution >= 4 is 23.3 Å². The van der Waals surface area contributed by atoms with Crippen LogP contribution in [0.1, 0.15) is 41.1 Å². The van der Waals surface area contributed by atoms with E-state index >= 15 is 0 Å². The first-order chi connectivity index (χ1) is 13.3. The van der Waals surface area contributed by atoms with Gasteiger partial charge in [-0.15, -0.1) is 0 Å². The van der Waals surface area contributed by atoms with Gasteiger partial charge in [-0.1, -0.05) is 11.6 Å². The van der Waals surface area contributed by atoms with Crippen molar-refractivity contribution in [3.05, 3.63) is 45.6 Å². The van der Waals surface area contributed by atoms with Crippen molar-refractivity contribution in [3.8, 4) is 0 Å². The second kappa shape index (κ2) is 7.24. The molecule has 2 aliphatic rings. The highest BCUT2D eigenvalue weighted by Crippen LogP contribution is 2.33. The summed E-state index contributed by atoms with van der Waals surface area (Å²) in [6, 6.07) is 1.29. The first-order valence-corrected chi connectivity index (χ1v) is 9.51. The molecule has 148 valence electrons. The van der Waals surface area contributed by atoms with Gasteiger partial charge in [-0.3, -0.25) is 9.78 Å². The standard InChI is InChI=1S/C19H20ClF2N5O/c1-10-13-7-27(8-15(13)25-11(2)17(10)20)19(28)12-3-4-26(6-12)16-5-14(18(21)22)23-9-24-16/h5,9,12,18H,3-4,6-8H2,1-2H3/t12-/m1/s1. The van der Waals surface area contributed by atoms with Crippen LogP contribution in [0.15, 0.2) is 12.4 Å². The zero-order valence-electron chi connectivity index (χ0n) is 15.6. The number of hydrogen-bond acceptors (Lipinski definition) is 5. The predicted molar refractivity (Wildman–Crippen MR) is 100 cm³/mol. The van der Waals surface area contributed by atoms with Crippen molar-refractivity contribution in [2.24, 2.45) is 5.92 Å². The number of aromatic nitrogens is 3. The molecule has 0 saturated carbocycles. The molecule has 0 N–H and O–H groups in total. The number of carbonyl (C=O) groups excluding carboxylic acids is 1. The van der Waals surface area contributed by atoms with Crippen LogP contribution in [-0.4, -0.2) is 38.8 Å². The number of alkyl halides is 2. The molecular formula is C19H20ClF2N5O. The lowest BCUT2D eigenvalue weighted by molar-refractivity contribution is -0.135. The summed E-state index contributed by atoms with van der Waals surface area (Å²) in [6.45, 7) is 5.86. The Balaban J connectivity index is 1.46. The molecule has 0 aliphatic carbocycles. The summed E-state index contributed by atoms with van der Waals surface area (Å²) < 4.78 is 25.8. The molecule has 0 spiro atoms. The Kier molecular flexibility index (Phi) is 4.91. The van der Waals surface area contributed by atoms with Crippen LogP contribution in [0.3, 0.4) is 0 Å². The molecule has 2 aliphatic heterocycles. The summed E-state index contributed by atoms with van der Waals surface area (Å²) in [5.41, 5.74) is 3.38. The van der Waals surface area contributed by atoms with Crippen LogP contribution in [-0.2, 0) is 17.9 Å². The second-order valence-electron chi connectivity index (χ2n) is 7.29. The van der Waals surface area contributed by atoms with Crippen LogP contribution in [0.25, 0.3) is 0 Å². The van der Waals surface area contributed by atoms with Gasteiger partial charge in [0.15, 0.2) is 0 Å². The van der Waals surface area contributed by atoms with Crippen molar-refractivity contribution in [1.82, 2.24) is 19.9 Å². The Morgan fingerprint density at radius 1 is 1.29 bits per heavy atom. The fourth-order valence-corrected chi connectivity index (χ4v) is 4.10. The lowest BCUT2D eigenvalue weighted by Gasteiger charge is -2.21. The fourth-order valence-electron chi connectivity index (χ4n) is 3.95. The van der Waals surface area contributed by atoms with Gasteiger partial charge < -0.3 is 9.80 Å². The van der Waals surface area contributed by atoms with Gasteiger partial charge in [0.1, 0.15) is 17.8 Å². The van der Waals surface area contributed by atoms with Crippen molar-refractivity contribution in [1.29, 1.82) is 0 Å². The largest absolute Gasteiger partial charge is 0.356 e. The van der Waals surface area contributed by atoms with E-state index in [1.807, 2.05) is 18.7 Å². The summed E-state index contributed by atoms with van der Waals surface area (Å²) in [7, 11) is 0. The molecule has 1 saturated heterocycles. The monoisotopic (exact) mass is 407 g/mol. The van der Waals surface area contributed by atoms with E-state index in [2.05, 4.69) is 15.0 Å². The molecule has 9 heteroatoms. The number of fused-ring (bicyclic) bond motifs is 1. The molecular weight excluding hydrogens is 388 g/mol. The van der Waals surface area contributed by atoms with Gasteiger partial charge in [0.05, 0.1) is 28.9 Å². The zero-order chi connectivity index (χ0) is 20.0. The molecule has 0 unspecified atom stereocenters. The van der Waals surface area contributed by atoms with E-state index in [9.17, 15) is 13.6 Å². The van der Waals surface area contributed by atoms with Crippen LogP contribution in [0.2, 0.25) is 5.02 Å². The van der Waals surface area contributed by atoms with Gasteiger partial charge in [0.25, 0.3) is 6.43 Å². The van der Waals surface area contributed by atoms with Gasteiger partial charge >= 0.3 is 0 Å². The van der Waals surface area contributed by atoms with Crippen LogP contribution >= 0.6 is 11.6 Å². The Labute approximate surface area is 166 Å². The number of aryl methyl sites for hydroxylation is 1. The SMILES string of the molecule is Cc1nc2c(c(C)c1Cl)CN(C(=O)[C@@H]1CCN(c3cc(C(F)F)ncn3)C1)C2. The Hall–Kier alpha value is -2.35. The van der Waals surface area contributed by atoms with Gasteiger partial charge in [-0.05, 0) is 31.4 Å². The number of carbonyl (C=O) groups is 1. The number of nitrogens with zero attached hydrogens (tertiary/aromatic N) is 5. The van der Waals surface area contributed by atoms with E-state index < -0.39 is 6.43 Å². The highest BCUT2D eigenvalue weighted by atomic mass is 35.5. The highest BCUT2D eigenvalue weighted by molar-refractivity contribution is 6.32. The second-order valence-corrected chi connectivity index (χ2v) is 7.67. The quantitative estimate of drug-likeness (QED) is 0.779. The van der Waals surface area contributed by atoms with Crippen molar-refractivity contribution in [2.45, 2.75) is 39.8 Å². The third-order valence-corrected chi connectivity index (χ3v) is 6.07. The lowest BCUT2D eigenvalue weighted by atomic mass is 10.1. The minimum Gasteiger partial charge on any atom is -0.356 e. The van der Waals surface area contributed by atoms with Gasteiger partial charge in [-0.25, -0.2) is 18.7 Å². The summed E-state index contributed by atoms with van der Waals surface area (Å²) >= 11 is 6.30. The summed E-state index contributed by atoms with van der Waals surface area (Å²) in [4.78, 5) is 28.9. The van der Waals surface area contributed by atoms with E-state index in [1.54, 1.807) is 4.90 Å². The number of hydrogen-bond donors (Lipinski definition) is 0. The minimum atomic E-state index is -2.64. The van der Waals surface area contributed by atoms with E-state index in [4.69, 9.17) is 11.6 Å². The molecule has 28 heavy (non-hydrogen) atoms. The molecule has 1 atom stereocenters. The maximum atomic E-state index is 13.0. The maximum absolute atomic E-state index is 13.0. The molecule has 2 aromatic rings. The first-order valence-electron chi connectivity index (χ1n) is 9.13. The van der Waals surface area contributed by atoms with E-state index in [-0.39, 0.29) is 17.5 Å². The summed E-state index contributed by atoms with van der Waals surface area (Å²) in [5, 5.41) is 0.652. The van der Waals surface area contributed by atoms with E-state index in [1.165, 1.54) is 6.07 Å². The number of anilines is 1. The topological polar surface area (TPSA) is 62.2 Å². The van der Waals surface area contributed by atoms with Gasteiger partial charge in [-0.2, -0.15) is 0 Å². The zero-order valence-corrected chi connectivity index (χ0v) is 16.4. The number of amides is 1. The molecule has 0 radical (unpaired) electrons. The van der Waals surface area contributed by atoms with Crippen LogP contribution in [0.4, 0.5) is 14.6 Å². The maximum Gasteiger partial charge on any atom is 0.280 e. The fraction of sp³-hybridized carbons (Fsp3) is 0.474. The highest BCUT2D eigenvalue weighted by Gasteiger charge is 2.35. The predicted octanol–water partition coefficient (Wildman–Crippen LogP) is 3.45. The van der Waals surface area contributed by atoms with E-state index in [0.29, 0.717) is 43.4 Å². The molecule has 4 heterocycles. The summed E-state index contributed by atoms with van der Waals surface area (Å²) in [6.07, 6.45) is -0.842. The molecule has 1 fully saturated rings. The molecule has 0 bridgehead atoms. The molecule has 1 amide bonds. The van der Waals surface area contributed by atoms with Crippen LogP contribution in [0, 0.1) is 19.8 Å². The third kappa shape index (κ3) is 3.30. The Bertz CT molecular complexity index is 939. The number of rotatable bonds is 3. The van der Waals surface area contributed by atoms with Crippen LogP contribution in [0.5, 0.6) is 0 Å². The average molecular weight is 408 g/mol. The van der Waals surface area contributed by atoms with Crippen molar-refractivity contribution in [2.75, 3.05) is 18.0 Å². The first kappa shape index (κ1) is 19.0. The van der Waals surface area contributed by atoms with Gasteiger partial charge in [0.2, 0.25) is 5.91 Å². The number of halogens is 3. The minimum absolute atomic E-state index is 0.0526. The molecule has 2 aromatic heterocycles. The van der Waals surface area contributed by atoms with E-state index in [0.717, 1.165) is 28.8 Å². The Morgan fingerprint density at radius 3 is 2.82 bits per heavy atom. The van der Waals surface area contributed by atoms with Crippen LogP contribution < -0.4 is 4.90 Å². The Morgan fingerprint density at radius 2 is 2.07 bits per heavy atom. The normalized spacial score (nSPS) is 18.9. The molecule has 0 aromatic carbocycles. The smallest absolute Gasteiger partial charge is 0.280 e. The molecule has 6 nitrogen and oxygen atoms in total. The summed E-state index contributed by atoms with van der Waals surface area (Å²) in [5.74, 6) is 0.290.